The van der Waals surface area contributed by atoms with Crippen LogP contribution in [0.15, 0.2) is 24.3 Å². The van der Waals surface area contributed by atoms with Crippen LogP contribution in [0.4, 0.5) is 0 Å². The van der Waals surface area contributed by atoms with Gasteiger partial charge in [0.25, 0.3) is 0 Å². The van der Waals surface area contributed by atoms with Crippen molar-refractivity contribution in [2.75, 3.05) is 33.3 Å². The Balaban J connectivity index is 2.06. The predicted octanol–water partition coefficient (Wildman–Crippen LogP) is 2.93. The van der Waals surface area contributed by atoms with Gasteiger partial charge in [-0.1, -0.05) is 32.9 Å². The van der Waals surface area contributed by atoms with Crippen molar-refractivity contribution in [1.82, 2.24) is 10.2 Å². The summed E-state index contributed by atoms with van der Waals surface area (Å²) in [4.78, 5) is 2.59. The van der Waals surface area contributed by atoms with E-state index in [4.69, 9.17) is 4.74 Å². The Morgan fingerprint density at radius 2 is 2.00 bits per heavy atom. The Kier molecular flexibility index (Phi) is 5.44. The molecule has 1 aromatic rings. The number of ether oxygens (including phenoxy) is 1. The van der Waals surface area contributed by atoms with E-state index in [9.17, 15) is 0 Å². The largest absolute Gasteiger partial charge is 0.497 e. The van der Waals surface area contributed by atoms with Gasteiger partial charge in [-0.3, -0.25) is 0 Å². The lowest BCUT2D eigenvalue weighted by Crippen LogP contribution is -2.34. The Bertz CT molecular complexity index is 411. The van der Waals surface area contributed by atoms with Crippen molar-refractivity contribution in [3.8, 4) is 5.75 Å². The zero-order valence-corrected chi connectivity index (χ0v) is 13.2. The monoisotopic (exact) mass is 276 g/mol. The number of nitrogens with zero attached hydrogens (tertiary/aromatic N) is 1. The molecule has 1 aliphatic heterocycles. The molecule has 2 rings (SSSR count). The van der Waals surface area contributed by atoms with Crippen molar-refractivity contribution in [3.63, 3.8) is 0 Å². The molecule has 1 heterocycles. The second kappa shape index (κ2) is 7.09. The molecule has 1 aliphatic rings. The van der Waals surface area contributed by atoms with Gasteiger partial charge in [-0.15, -0.1) is 0 Å². The summed E-state index contributed by atoms with van der Waals surface area (Å²) in [5, 5.41) is 3.61. The molecule has 3 unspecified atom stereocenters. The average molecular weight is 276 g/mol. The van der Waals surface area contributed by atoms with E-state index in [-0.39, 0.29) is 0 Å². The lowest BCUT2D eigenvalue weighted by molar-refractivity contribution is 0.282. The number of rotatable bonds is 6. The molecule has 3 atom stereocenters. The van der Waals surface area contributed by atoms with Crippen LogP contribution >= 0.6 is 0 Å². The highest BCUT2D eigenvalue weighted by Crippen LogP contribution is 2.26. The van der Waals surface area contributed by atoms with Crippen molar-refractivity contribution in [1.29, 1.82) is 0 Å². The Hall–Kier alpha value is -1.06. The molecule has 0 bridgehead atoms. The quantitative estimate of drug-likeness (QED) is 0.864. The third-order valence-corrected chi connectivity index (χ3v) is 4.45. The summed E-state index contributed by atoms with van der Waals surface area (Å²) in [6.07, 6.45) is 0. The minimum Gasteiger partial charge on any atom is -0.497 e. The molecular weight excluding hydrogens is 248 g/mol. The number of methoxy groups -OCH3 is 1. The summed E-state index contributed by atoms with van der Waals surface area (Å²) < 4.78 is 5.35. The number of hydrogen-bond donors (Lipinski definition) is 1. The van der Waals surface area contributed by atoms with Gasteiger partial charge in [0.1, 0.15) is 5.75 Å². The maximum absolute atomic E-state index is 5.35. The van der Waals surface area contributed by atoms with E-state index >= 15 is 0 Å². The van der Waals surface area contributed by atoms with Gasteiger partial charge in [-0.2, -0.15) is 0 Å². The molecule has 0 radical (unpaired) electrons. The third kappa shape index (κ3) is 3.74. The van der Waals surface area contributed by atoms with Gasteiger partial charge in [-0.05, 0) is 36.1 Å². The molecule has 0 saturated carbocycles. The summed E-state index contributed by atoms with van der Waals surface area (Å²) >= 11 is 0. The Labute approximate surface area is 123 Å². The second-order valence-electron chi connectivity index (χ2n) is 6.06. The summed E-state index contributed by atoms with van der Waals surface area (Å²) in [7, 11) is 1.73. The molecule has 0 aromatic heterocycles. The van der Waals surface area contributed by atoms with Gasteiger partial charge >= 0.3 is 0 Å². The van der Waals surface area contributed by atoms with E-state index in [0.29, 0.717) is 6.04 Å². The van der Waals surface area contributed by atoms with Crippen molar-refractivity contribution in [2.45, 2.75) is 26.8 Å². The minimum absolute atomic E-state index is 0.382. The lowest BCUT2D eigenvalue weighted by Gasteiger charge is -2.25. The van der Waals surface area contributed by atoms with Crippen LogP contribution in [0.2, 0.25) is 0 Å². The van der Waals surface area contributed by atoms with Crippen LogP contribution in [0.1, 0.15) is 32.4 Å². The van der Waals surface area contributed by atoms with Gasteiger partial charge in [0.2, 0.25) is 0 Å². The maximum atomic E-state index is 5.35. The summed E-state index contributed by atoms with van der Waals surface area (Å²) in [6, 6.07) is 8.81. The molecule has 0 spiro atoms. The summed E-state index contributed by atoms with van der Waals surface area (Å²) in [5.74, 6) is 2.55. The standard InChI is InChI=1S/C17H28N2O/c1-5-18-17(12-19-10-13(2)14(3)11-19)15-7-6-8-16(9-15)20-4/h6-9,13-14,17-18H,5,10-12H2,1-4H3. The molecule has 112 valence electrons. The van der Waals surface area contributed by atoms with E-state index in [1.54, 1.807) is 7.11 Å². The van der Waals surface area contributed by atoms with Crippen LogP contribution in [0, 0.1) is 11.8 Å². The first kappa shape index (κ1) is 15.3. The van der Waals surface area contributed by atoms with E-state index in [0.717, 1.165) is 30.7 Å². The average Bonchev–Trinajstić information content (AvgIpc) is 2.77. The predicted molar refractivity (Wildman–Crippen MR) is 84.2 cm³/mol. The van der Waals surface area contributed by atoms with Crippen LogP contribution in [0.25, 0.3) is 0 Å². The van der Waals surface area contributed by atoms with Crippen LogP contribution < -0.4 is 10.1 Å². The summed E-state index contributed by atoms with van der Waals surface area (Å²) in [5.41, 5.74) is 1.32. The van der Waals surface area contributed by atoms with E-state index in [1.807, 2.05) is 6.07 Å². The zero-order valence-electron chi connectivity index (χ0n) is 13.2. The van der Waals surface area contributed by atoms with Gasteiger partial charge in [-0.25, -0.2) is 0 Å². The molecule has 3 heteroatoms. The Morgan fingerprint density at radius 1 is 1.30 bits per heavy atom. The highest BCUT2D eigenvalue weighted by Gasteiger charge is 2.27. The van der Waals surface area contributed by atoms with E-state index in [2.05, 4.69) is 49.2 Å². The third-order valence-electron chi connectivity index (χ3n) is 4.45. The van der Waals surface area contributed by atoms with Crippen molar-refractivity contribution in [2.24, 2.45) is 11.8 Å². The zero-order chi connectivity index (χ0) is 14.5. The lowest BCUT2D eigenvalue weighted by atomic mass is 10.0. The van der Waals surface area contributed by atoms with Crippen LogP contribution in [-0.2, 0) is 0 Å². The number of likely N-dealkylation sites (N-methyl/N-ethyl adjacent to an activating group) is 1. The van der Waals surface area contributed by atoms with Crippen molar-refractivity contribution in [3.05, 3.63) is 29.8 Å². The molecule has 0 amide bonds. The first-order valence-electron chi connectivity index (χ1n) is 7.73. The van der Waals surface area contributed by atoms with Gasteiger partial charge in [0.05, 0.1) is 7.11 Å². The topological polar surface area (TPSA) is 24.5 Å². The number of likely N-dealkylation sites (tertiary alicyclic amines) is 1. The first-order chi connectivity index (χ1) is 9.63. The molecular formula is C17H28N2O. The van der Waals surface area contributed by atoms with E-state index in [1.165, 1.54) is 18.7 Å². The van der Waals surface area contributed by atoms with Crippen LogP contribution in [-0.4, -0.2) is 38.2 Å². The van der Waals surface area contributed by atoms with Gasteiger partial charge in [0, 0.05) is 25.7 Å². The smallest absolute Gasteiger partial charge is 0.119 e. The number of hydrogen-bond acceptors (Lipinski definition) is 3. The highest BCUT2D eigenvalue weighted by molar-refractivity contribution is 5.30. The molecule has 1 aromatic carbocycles. The molecule has 1 N–H and O–H groups in total. The second-order valence-corrected chi connectivity index (χ2v) is 6.06. The molecule has 1 saturated heterocycles. The maximum Gasteiger partial charge on any atom is 0.119 e. The van der Waals surface area contributed by atoms with Crippen LogP contribution in [0.3, 0.4) is 0 Å². The fourth-order valence-electron chi connectivity index (χ4n) is 3.05. The number of nitrogens with one attached hydrogen (secondary N) is 1. The molecule has 1 fully saturated rings. The molecule has 0 aliphatic carbocycles. The highest BCUT2D eigenvalue weighted by atomic mass is 16.5. The summed E-state index contributed by atoms with van der Waals surface area (Å²) in [6.45, 7) is 11.4. The first-order valence-corrected chi connectivity index (χ1v) is 7.73. The van der Waals surface area contributed by atoms with Gasteiger partial charge < -0.3 is 15.0 Å². The molecule has 3 nitrogen and oxygen atoms in total. The van der Waals surface area contributed by atoms with Crippen molar-refractivity contribution >= 4 is 0 Å². The normalized spacial score (nSPS) is 24.8. The SMILES string of the molecule is CCNC(CN1CC(C)C(C)C1)c1cccc(OC)c1. The molecule has 20 heavy (non-hydrogen) atoms. The fourth-order valence-corrected chi connectivity index (χ4v) is 3.05. The van der Waals surface area contributed by atoms with Gasteiger partial charge in [0.15, 0.2) is 0 Å². The van der Waals surface area contributed by atoms with Crippen molar-refractivity contribution < 1.29 is 4.74 Å². The van der Waals surface area contributed by atoms with E-state index < -0.39 is 0 Å². The number of benzene rings is 1. The minimum atomic E-state index is 0.382. The van der Waals surface area contributed by atoms with Crippen LogP contribution in [0.5, 0.6) is 5.75 Å². The fraction of sp³-hybridized carbons (Fsp3) is 0.647. The Morgan fingerprint density at radius 3 is 2.60 bits per heavy atom.